The van der Waals surface area contributed by atoms with E-state index in [1.807, 2.05) is 0 Å². The van der Waals surface area contributed by atoms with E-state index in [9.17, 15) is 12.8 Å². The van der Waals surface area contributed by atoms with Crippen molar-refractivity contribution in [1.29, 1.82) is 0 Å². The van der Waals surface area contributed by atoms with Gasteiger partial charge in [0.25, 0.3) is 0 Å². The molecular weight excluding hydrogens is 281 g/mol. The van der Waals surface area contributed by atoms with Gasteiger partial charge in [0.1, 0.15) is 5.82 Å². The number of benzene rings is 1. The van der Waals surface area contributed by atoms with Crippen LogP contribution in [0.15, 0.2) is 23.1 Å². The Morgan fingerprint density at radius 1 is 1.40 bits per heavy atom. The Hall–Kier alpha value is -0.980. The molecule has 1 aliphatic rings. The highest BCUT2D eigenvalue weighted by atomic mass is 32.2. The molecule has 6 heteroatoms. The van der Waals surface area contributed by atoms with Gasteiger partial charge in [-0.05, 0) is 37.0 Å². The Balaban J connectivity index is 2.27. The molecule has 1 aromatic rings. The molecule has 2 rings (SSSR count). The Morgan fingerprint density at radius 2 is 2.10 bits per heavy atom. The maximum Gasteiger partial charge on any atom is 0.243 e. The van der Waals surface area contributed by atoms with Gasteiger partial charge in [-0.25, -0.2) is 12.8 Å². The summed E-state index contributed by atoms with van der Waals surface area (Å²) in [7, 11) is -3.62. The second kappa shape index (κ2) is 6.20. The van der Waals surface area contributed by atoms with E-state index in [0.717, 1.165) is 25.3 Å². The van der Waals surface area contributed by atoms with Gasteiger partial charge in [-0.1, -0.05) is 13.3 Å². The van der Waals surface area contributed by atoms with Gasteiger partial charge in [0.2, 0.25) is 10.0 Å². The summed E-state index contributed by atoms with van der Waals surface area (Å²) in [4.78, 5) is 0.0455. The largest absolute Gasteiger partial charge is 0.392 e. The van der Waals surface area contributed by atoms with Crippen LogP contribution in [0.5, 0.6) is 0 Å². The highest BCUT2D eigenvalue weighted by molar-refractivity contribution is 7.89. The van der Waals surface area contributed by atoms with E-state index in [1.54, 1.807) is 6.92 Å². The third-order valence-electron chi connectivity index (χ3n) is 3.86. The van der Waals surface area contributed by atoms with Crippen molar-refractivity contribution in [1.82, 2.24) is 4.31 Å². The van der Waals surface area contributed by atoms with Gasteiger partial charge >= 0.3 is 0 Å². The van der Waals surface area contributed by atoms with Crippen LogP contribution >= 0.6 is 0 Å². The van der Waals surface area contributed by atoms with Gasteiger partial charge in [-0.2, -0.15) is 4.31 Å². The number of aliphatic hydroxyl groups is 1. The number of hydrogen-bond acceptors (Lipinski definition) is 3. The van der Waals surface area contributed by atoms with E-state index in [0.29, 0.717) is 19.0 Å². The molecule has 0 unspecified atom stereocenters. The van der Waals surface area contributed by atoms with Crippen LogP contribution in [0.25, 0.3) is 0 Å². The molecule has 1 N–H and O–H groups in total. The van der Waals surface area contributed by atoms with Crippen molar-refractivity contribution in [3.05, 3.63) is 29.6 Å². The van der Waals surface area contributed by atoms with Crippen LogP contribution in [0.2, 0.25) is 0 Å². The third kappa shape index (κ3) is 3.02. The van der Waals surface area contributed by atoms with Crippen LogP contribution < -0.4 is 0 Å². The predicted molar refractivity (Wildman–Crippen MR) is 74.1 cm³/mol. The van der Waals surface area contributed by atoms with E-state index >= 15 is 0 Å². The second-order valence-corrected chi connectivity index (χ2v) is 7.10. The molecule has 0 aliphatic heterocycles. The van der Waals surface area contributed by atoms with Crippen molar-refractivity contribution in [2.45, 2.75) is 37.7 Å². The van der Waals surface area contributed by atoms with Crippen molar-refractivity contribution in [3.8, 4) is 0 Å². The molecule has 0 atom stereocenters. The molecule has 1 fully saturated rings. The summed E-state index contributed by atoms with van der Waals surface area (Å²) in [6, 6.07) is 3.57. The first-order valence-electron chi connectivity index (χ1n) is 6.88. The number of aliphatic hydroxyl groups excluding tert-OH is 1. The van der Waals surface area contributed by atoms with Gasteiger partial charge in [-0.3, -0.25) is 0 Å². The first kappa shape index (κ1) is 15.4. The fourth-order valence-corrected chi connectivity index (χ4v) is 3.92. The summed E-state index contributed by atoms with van der Waals surface area (Å²) in [5, 5.41) is 9.05. The van der Waals surface area contributed by atoms with Crippen molar-refractivity contribution in [2.75, 3.05) is 13.1 Å². The molecule has 0 bridgehead atoms. The minimum absolute atomic E-state index is 0.00534. The lowest BCUT2D eigenvalue weighted by molar-refractivity contribution is 0.250. The average Bonchev–Trinajstić information content (AvgIpc) is 2.37. The Labute approximate surface area is 119 Å². The third-order valence-corrected chi connectivity index (χ3v) is 5.80. The number of sulfonamides is 1. The molecule has 0 radical (unpaired) electrons. The Morgan fingerprint density at radius 3 is 2.60 bits per heavy atom. The molecule has 0 heterocycles. The normalized spacial score (nSPS) is 16.4. The molecule has 1 saturated carbocycles. The first-order chi connectivity index (χ1) is 9.48. The number of hydrogen-bond donors (Lipinski definition) is 1. The monoisotopic (exact) mass is 301 g/mol. The average molecular weight is 301 g/mol. The van der Waals surface area contributed by atoms with E-state index in [2.05, 4.69) is 0 Å². The van der Waals surface area contributed by atoms with Crippen molar-refractivity contribution < 1.29 is 17.9 Å². The molecule has 1 aromatic carbocycles. The van der Waals surface area contributed by atoms with Crippen LogP contribution in [-0.2, 0) is 16.6 Å². The van der Waals surface area contributed by atoms with Crippen LogP contribution in [-0.4, -0.2) is 30.9 Å². The van der Waals surface area contributed by atoms with Gasteiger partial charge in [-0.15, -0.1) is 0 Å². The molecule has 0 spiro atoms. The van der Waals surface area contributed by atoms with Gasteiger partial charge in [0, 0.05) is 18.7 Å². The molecule has 0 saturated heterocycles. The van der Waals surface area contributed by atoms with Gasteiger partial charge in [0.15, 0.2) is 0 Å². The quantitative estimate of drug-likeness (QED) is 0.875. The number of nitrogens with zero attached hydrogens (tertiary/aromatic N) is 1. The zero-order valence-corrected chi connectivity index (χ0v) is 12.4. The summed E-state index contributed by atoms with van der Waals surface area (Å²) in [5.74, 6) is -0.157. The van der Waals surface area contributed by atoms with E-state index in [-0.39, 0.29) is 10.5 Å². The molecule has 0 amide bonds. The maximum atomic E-state index is 13.3. The first-order valence-corrected chi connectivity index (χ1v) is 8.32. The fourth-order valence-electron chi connectivity index (χ4n) is 2.34. The summed E-state index contributed by atoms with van der Waals surface area (Å²) < 4.78 is 39.9. The summed E-state index contributed by atoms with van der Waals surface area (Å²) in [6.45, 7) is 2.20. The van der Waals surface area contributed by atoms with Gasteiger partial charge in [0.05, 0.1) is 11.5 Å². The lowest BCUT2D eigenvalue weighted by atomic mass is 9.85. The van der Waals surface area contributed by atoms with E-state index in [1.165, 1.54) is 16.4 Å². The minimum Gasteiger partial charge on any atom is -0.392 e. The fraction of sp³-hybridized carbons (Fsp3) is 0.571. The van der Waals surface area contributed by atoms with E-state index in [4.69, 9.17) is 5.11 Å². The topological polar surface area (TPSA) is 57.6 Å². The molecule has 0 aromatic heterocycles. The zero-order chi connectivity index (χ0) is 14.8. The molecular formula is C14H20FNO3S. The van der Waals surface area contributed by atoms with Crippen molar-refractivity contribution >= 4 is 10.0 Å². The van der Waals surface area contributed by atoms with Crippen molar-refractivity contribution in [2.24, 2.45) is 5.92 Å². The van der Waals surface area contributed by atoms with E-state index < -0.39 is 22.4 Å². The van der Waals surface area contributed by atoms with Crippen LogP contribution in [0.3, 0.4) is 0 Å². The summed E-state index contributed by atoms with van der Waals surface area (Å²) in [5.41, 5.74) is 0.00534. The zero-order valence-electron chi connectivity index (χ0n) is 11.5. The molecule has 112 valence electrons. The number of rotatable bonds is 6. The lowest BCUT2D eigenvalue weighted by Crippen LogP contribution is -2.37. The Bertz CT molecular complexity index is 570. The maximum absolute atomic E-state index is 13.3. The van der Waals surface area contributed by atoms with Crippen LogP contribution in [0.1, 0.15) is 31.7 Å². The second-order valence-electron chi connectivity index (χ2n) is 5.16. The van der Waals surface area contributed by atoms with Crippen LogP contribution in [0.4, 0.5) is 4.39 Å². The van der Waals surface area contributed by atoms with Crippen LogP contribution in [0, 0.1) is 11.7 Å². The van der Waals surface area contributed by atoms with Gasteiger partial charge < -0.3 is 5.11 Å². The standard InChI is InChI=1S/C14H20FNO3S/c1-2-16(9-11-4-3-5-11)20(18,19)13-6-7-14(15)12(8-13)10-17/h6-8,11,17H,2-5,9-10H2,1H3. The Kier molecular flexibility index (Phi) is 4.78. The molecule has 4 nitrogen and oxygen atoms in total. The SMILES string of the molecule is CCN(CC1CCC1)S(=O)(=O)c1ccc(F)c(CO)c1. The summed E-state index contributed by atoms with van der Waals surface area (Å²) in [6.07, 6.45) is 3.29. The lowest BCUT2D eigenvalue weighted by Gasteiger charge is -2.31. The number of halogens is 1. The smallest absolute Gasteiger partial charge is 0.243 e. The molecule has 20 heavy (non-hydrogen) atoms. The highest BCUT2D eigenvalue weighted by Crippen LogP contribution is 2.29. The predicted octanol–water partition coefficient (Wildman–Crippen LogP) is 2.13. The highest BCUT2D eigenvalue weighted by Gasteiger charge is 2.28. The summed E-state index contributed by atoms with van der Waals surface area (Å²) >= 11 is 0. The minimum atomic E-state index is -3.62. The van der Waals surface area contributed by atoms with Crippen molar-refractivity contribution in [3.63, 3.8) is 0 Å². The molecule has 1 aliphatic carbocycles.